The molecule has 0 unspecified atom stereocenters. The van der Waals surface area contributed by atoms with E-state index < -0.39 is 5.82 Å². The van der Waals surface area contributed by atoms with Gasteiger partial charge in [-0.15, -0.1) is 0 Å². The van der Waals surface area contributed by atoms with E-state index in [1.807, 2.05) is 4.90 Å². The van der Waals surface area contributed by atoms with E-state index in [1.54, 1.807) is 6.07 Å². The minimum absolute atomic E-state index is 0.0994. The molecule has 27 heavy (non-hydrogen) atoms. The third-order valence-electron chi connectivity index (χ3n) is 4.71. The Bertz CT molecular complexity index is 782. The van der Waals surface area contributed by atoms with Crippen molar-refractivity contribution in [3.05, 3.63) is 63.9 Å². The van der Waals surface area contributed by atoms with Gasteiger partial charge in [-0.25, -0.2) is 4.39 Å². The largest absolute Gasteiger partial charge is 0.481 e. The quantitative estimate of drug-likeness (QED) is 0.712. The SMILES string of the molecule is Cc1ccc(CN2CCCN(C(=O)COc3ccc(Br)cc3F)CC2)cc1. The van der Waals surface area contributed by atoms with Crippen molar-refractivity contribution in [3.63, 3.8) is 0 Å². The van der Waals surface area contributed by atoms with E-state index in [2.05, 4.69) is 52.0 Å². The summed E-state index contributed by atoms with van der Waals surface area (Å²) < 4.78 is 19.8. The molecule has 0 saturated carbocycles. The number of hydrogen-bond donors (Lipinski definition) is 0. The molecule has 2 aromatic carbocycles. The fourth-order valence-electron chi connectivity index (χ4n) is 3.15. The van der Waals surface area contributed by atoms with Crippen LogP contribution in [0.25, 0.3) is 0 Å². The molecule has 6 heteroatoms. The molecule has 1 saturated heterocycles. The van der Waals surface area contributed by atoms with Crippen LogP contribution in [-0.4, -0.2) is 48.5 Å². The van der Waals surface area contributed by atoms with Crippen molar-refractivity contribution >= 4 is 21.8 Å². The van der Waals surface area contributed by atoms with Gasteiger partial charge in [0.25, 0.3) is 5.91 Å². The Morgan fingerprint density at radius 2 is 1.89 bits per heavy atom. The monoisotopic (exact) mass is 434 g/mol. The summed E-state index contributed by atoms with van der Waals surface area (Å²) in [6.45, 7) is 5.99. The lowest BCUT2D eigenvalue weighted by atomic mass is 10.1. The third kappa shape index (κ3) is 5.78. The first-order chi connectivity index (χ1) is 13.0. The second kappa shape index (κ2) is 9.33. The van der Waals surface area contributed by atoms with Crippen LogP contribution in [0.2, 0.25) is 0 Å². The van der Waals surface area contributed by atoms with Crippen molar-refractivity contribution < 1.29 is 13.9 Å². The van der Waals surface area contributed by atoms with Gasteiger partial charge < -0.3 is 9.64 Å². The number of hydrogen-bond acceptors (Lipinski definition) is 3. The maximum Gasteiger partial charge on any atom is 0.260 e. The zero-order valence-corrected chi connectivity index (χ0v) is 17.0. The Morgan fingerprint density at radius 3 is 2.63 bits per heavy atom. The molecule has 1 aliphatic rings. The van der Waals surface area contributed by atoms with Gasteiger partial charge >= 0.3 is 0 Å². The number of rotatable bonds is 5. The summed E-state index contributed by atoms with van der Waals surface area (Å²) >= 11 is 3.20. The van der Waals surface area contributed by atoms with Gasteiger partial charge in [-0.1, -0.05) is 45.8 Å². The zero-order valence-electron chi connectivity index (χ0n) is 15.5. The van der Waals surface area contributed by atoms with Crippen LogP contribution in [0, 0.1) is 12.7 Å². The molecule has 144 valence electrons. The second-order valence-electron chi connectivity index (χ2n) is 6.86. The maximum atomic E-state index is 13.8. The summed E-state index contributed by atoms with van der Waals surface area (Å²) in [5.74, 6) is -0.478. The van der Waals surface area contributed by atoms with E-state index in [9.17, 15) is 9.18 Å². The van der Waals surface area contributed by atoms with Crippen LogP contribution < -0.4 is 4.74 Å². The molecule has 0 spiro atoms. The molecule has 1 heterocycles. The predicted octanol–water partition coefficient (Wildman–Crippen LogP) is 4.01. The third-order valence-corrected chi connectivity index (χ3v) is 5.21. The Hall–Kier alpha value is -1.92. The number of nitrogens with zero attached hydrogens (tertiary/aromatic N) is 2. The minimum Gasteiger partial charge on any atom is -0.481 e. The standard InChI is InChI=1S/C21H24BrFN2O2/c1-16-3-5-17(6-4-16)14-24-9-2-10-25(12-11-24)21(26)15-27-20-8-7-18(22)13-19(20)23/h3-8,13H,2,9-12,14-15H2,1H3. The molecule has 0 aromatic heterocycles. The maximum absolute atomic E-state index is 13.8. The average Bonchev–Trinajstić information content (AvgIpc) is 2.88. The lowest BCUT2D eigenvalue weighted by molar-refractivity contribution is -0.133. The highest BCUT2D eigenvalue weighted by atomic mass is 79.9. The highest BCUT2D eigenvalue weighted by molar-refractivity contribution is 9.10. The summed E-state index contributed by atoms with van der Waals surface area (Å²) in [6, 6.07) is 13.1. The van der Waals surface area contributed by atoms with Gasteiger partial charge in [-0.2, -0.15) is 0 Å². The van der Waals surface area contributed by atoms with Crippen LogP contribution in [0.5, 0.6) is 5.75 Å². The molecule has 1 aliphatic heterocycles. The normalized spacial score (nSPS) is 15.4. The van der Waals surface area contributed by atoms with Crippen molar-refractivity contribution in [2.24, 2.45) is 0 Å². The first-order valence-corrected chi connectivity index (χ1v) is 9.94. The topological polar surface area (TPSA) is 32.8 Å². The van der Waals surface area contributed by atoms with E-state index >= 15 is 0 Å². The molecule has 2 aromatic rings. The van der Waals surface area contributed by atoms with Gasteiger partial charge in [0, 0.05) is 37.2 Å². The molecule has 0 bridgehead atoms. The van der Waals surface area contributed by atoms with Crippen molar-refractivity contribution in [2.75, 3.05) is 32.8 Å². The second-order valence-corrected chi connectivity index (χ2v) is 7.78. The molecular formula is C21H24BrFN2O2. The Morgan fingerprint density at radius 1 is 1.11 bits per heavy atom. The first-order valence-electron chi connectivity index (χ1n) is 9.15. The Labute approximate surface area is 168 Å². The predicted molar refractivity (Wildman–Crippen MR) is 107 cm³/mol. The van der Waals surface area contributed by atoms with Crippen LogP contribution >= 0.6 is 15.9 Å². The zero-order chi connectivity index (χ0) is 19.2. The molecule has 4 nitrogen and oxygen atoms in total. The number of ether oxygens (including phenoxy) is 1. The van der Waals surface area contributed by atoms with E-state index in [0.717, 1.165) is 26.1 Å². The van der Waals surface area contributed by atoms with Crippen molar-refractivity contribution in [1.29, 1.82) is 0 Å². The van der Waals surface area contributed by atoms with Crippen LogP contribution in [0.1, 0.15) is 17.5 Å². The lowest BCUT2D eigenvalue weighted by Crippen LogP contribution is -2.38. The van der Waals surface area contributed by atoms with E-state index in [-0.39, 0.29) is 18.3 Å². The number of amides is 1. The fraction of sp³-hybridized carbons (Fsp3) is 0.381. The summed E-state index contributed by atoms with van der Waals surface area (Å²) in [5, 5.41) is 0. The molecule has 0 radical (unpaired) electrons. The molecule has 3 rings (SSSR count). The summed E-state index contributed by atoms with van der Waals surface area (Å²) in [6.07, 6.45) is 0.921. The van der Waals surface area contributed by atoms with Crippen molar-refractivity contribution in [2.45, 2.75) is 19.9 Å². The van der Waals surface area contributed by atoms with Crippen molar-refractivity contribution in [3.8, 4) is 5.75 Å². The average molecular weight is 435 g/mol. The van der Waals surface area contributed by atoms with E-state index in [1.165, 1.54) is 23.3 Å². The summed E-state index contributed by atoms with van der Waals surface area (Å²) in [4.78, 5) is 16.6. The van der Waals surface area contributed by atoms with Gasteiger partial charge in [-0.05, 0) is 37.1 Å². The minimum atomic E-state index is -0.475. The smallest absolute Gasteiger partial charge is 0.260 e. The van der Waals surface area contributed by atoms with Gasteiger partial charge in [0.1, 0.15) is 0 Å². The molecular weight excluding hydrogens is 411 g/mol. The Balaban J connectivity index is 1.49. The van der Waals surface area contributed by atoms with Crippen LogP contribution in [0.15, 0.2) is 46.9 Å². The van der Waals surface area contributed by atoms with Crippen LogP contribution in [0.3, 0.4) is 0 Å². The highest BCUT2D eigenvalue weighted by Crippen LogP contribution is 2.21. The first kappa shape index (κ1) is 19.8. The Kier molecular flexibility index (Phi) is 6.85. The molecule has 0 N–H and O–H groups in total. The van der Waals surface area contributed by atoms with Gasteiger partial charge in [0.15, 0.2) is 18.2 Å². The number of benzene rings is 2. The van der Waals surface area contributed by atoms with Crippen LogP contribution in [0.4, 0.5) is 4.39 Å². The molecule has 0 aliphatic carbocycles. The number of aryl methyl sites for hydroxylation is 1. The van der Waals surface area contributed by atoms with Crippen molar-refractivity contribution in [1.82, 2.24) is 9.80 Å². The molecule has 1 amide bonds. The molecule has 0 atom stereocenters. The number of carbonyl (C=O) groups is 1. The van der Waals surface area contributed by atoms with Gasteiger partial charge in [0.05, 0.1) is 0 Å². The van der Waals surface area contributed by atoms with Gasteiger partial charge in [0.2, 0.25) is 0 Å². The fourth-order valence-corrected chi connectivity index (χ4v) is 3.49. The van der Waals surface area contributed by atoms with E-state index in [0.29, 0.717) is 17.6 Å². The molecule has 1 fully saturated rings. The highest BCUT2D eigenvalue weighted by Gasteiger charge is 2.20. The lowest BCUT2D eigenvalue weighted by Gasteiger charge is -2.22. The summed E-state index contributed by atoms with van der Waals surface area (Å²) in [5.41, 5.74) is 2.54. The summed E-state index contributed by atoms with van der Waals surface area (Å²) in [7, 11) is 0. The van der Waals surface area contributed by atoms with Gasteiger partial charge in [-0.3, -0.25) is 9.69 Å². The van der Waals surface area contributed by atoms with Crippen LogP contribution in [-0.2, 0) is 11.3 Å². The number of carbonyl (C=O) groups excluding carboxylic acids is 1. The number of halogens is 2. The van der Waals surface area contributed by atoms with E-state index in [4.69, 9.17) is 4.74 Å².